The van der Waals surface area contributed by atoms with Crippen LogP contribution in [0.15, 0.2) is 29.3 Å². The lowest BCUT2D eigenvalue weighted by Gasteiger charge is -1.87. The number of nitrogens with zero attached hydrogens (tertiary/aromatic N) is 1. The summed E-state index contributed by atoms with van der Waals surface area (Å²) in [6.07, 6.45) is 5.25. The summed E-state index contributed by atoms with van der Waals surface area (Å²) in [6, 6.07) is 0. The van der Waals surface area contributed by atoms with Crippen LogP contribution in [0.1, 0.15) is 13.8 Å². The maximum absolute atomic E-state index is 9.44. The average molecular weight is 127 g/mol. The van der Waals surface area contributed by atoms with E-state index in [1.807, 2.05) is 13.0 Å². The van der Waals surface area contributed by atoms with Gasteiger partial charge in [-0.05, 0) is 19.9 Å². The molecule has 50 valence electrons. The van der Waals surface area contributed by atoms with E-state index in [-0.39, 0.29) is 0 Å². The first-order valence-electron chi connectivity index (χ1n) is 2.60. The molecule has 0 aromatic rings. The summed E-state index contributed by atoms with van der Waals surface area (Å²) in [4.78, 5) is 13.7. The van der Waals surface area contributed by atoms with Crippen LogP contribution in [-0.4, -0.2) is 0 Å². The van der Waals surface area contributed by atoms with Crippen molar-refractivity contribution < 1.29 is 4.84 Å². The van der Waals surface area contributed by atoms with Gasteiger partial charge in [-0.15, -0.1) is 4.91 Å². The molecule has 0 saturated carbocycles. The fourth-order valence-electron chi connectivity index (χ4n) is 0.321. The molecular weight excluding hydrogens is 118 g/mol. The molecule has 0 aliphatic heterocycles. The van der Waals surface area contributed by atoms with Crippen LogP contribution in [0.3, 0.4) is 0 Å². The average Bonchev–Trinajstić information content (AvgIpc) is 1.85. The van der Waals surface area contributed by atoms with E-state index in [1.165, 1.54) is 0 Å². The molecule has 0 heterocycles. The number of hydrogen-bond donors (Lipinski definition) is 0. The molecule has 0 aliphatic rings. The fraction of sp³-hybridized carbons (Fsp3) is 0.333. The third-order valence-corrected chi connectivity index (χ3v) is 0.705. The van der Waals surface area contributed by atoms with Crippen molar-refractivity contribution in [3.05, 3.63) is 28.9 Å². The second kappa shape index (κ2) is 5.03. The molecule has 0 rings (SSSR count). The Labute approximate surface area is 53.9 Å². The molecular formula is C6H9NO2. The van der Waals surface area contributed by atoms with E-state index in [0.717, 1.165) is 0 Å². The second-order valence-electron chi connectivity index (χ2n) is 1.47. The first-order valence-corrected chi connectivity index (χ1v) is 2.60. The van der Waals surface area contributed by atoms with Crippen molar-refractivity contribution in [2.45, 2.75) is 13.8 Å². The van der Waals surface area contributed by atoms with Gasteiger partial charge in [0, 0.05) is 0 Å². The third-order valence-electron chi connectivity index (χ3n) is 0.705. The Kier molecular flexibility index (Phi) is 4.40. The van der Waals surface area contributed by atoms with Crippen molar-refractivity contribution in [3.8, 4) is 0 Å². The highest BCUT2D eigenvalue weighted by Gasteiger charge is 1.82. The van der Waals surface area contributed by atoms with Gasteiger partial charge in [-0.3, -0.25) is 0 Å². The molecule has 0 radical (unpaired) electrons. The standard InChI is InChI=1S/C6H9NO2/c1-3-4-5-6(2)9-7-8/h3-5H,1-2H3/b4-3-,6-5+. The lowest BCUT2D eigenvalue weighted by molar-refractivity contribution is 0.224. The van der Waals surface area contributed by atoms with Gasteiger partial charge >= 0.3 is 0 Å². The van der Waals surface area contributed by atoms with E-state index in [2.05, 4.69) is 10.2 Å². The van der Waals surface area contributed by atoms with E-state index in [1.54, 1.807) is 19.1 Å². The first-order chi connectivity index (χ1) is 4.31. The predicted octanol–water partition coefficient (Wildman–Crippen LogP) is 2.16. The molecule has 0 atom stereocenters. The number of rotatable bonds is 3. The van der Waals surface area contributed by atoms with Gasteiger partial charge in [0.1, 0.15) is 5.76 Å². The Morgan fingerprint density at radius 3 is 2.78 bits per heavy atom. The van der Waals surface area contributed by atoms with Crippen LogP contribution in [-0.2, 0) is 4.84 Å². The topological polar surface area (TPSA) is 38.7 Å². The molecule has 0 amide bonds. The summed E-state index contributed by atoms with van der Waals surface area (Å²) < 4.78 is 0. The SMILES string of the molecule is C/C=C\C=C(/C)ON=O. The van der Waals surface area contributed by atoms with Crippen molar-refractivity contribution in [2.24, 2.45) is 5.34 Å². The van der Waals surface area contributed by atoms with Gasteiger partial charge < -0.3 is 4.84 Å². The van der Waals surface area contributed by atoms with Crippen LogP contribution in [0.5, 0.6) is 0 Å². The van der Waals surface area contributed by atoms with Gasteiger partial charge in [0.25, 0.3) is 0 Å². The lowest BCUT2D eigenvalue weighted by atomic mass is 10.4. The monoisotopic (exact) mass is 127 g/mol. The second-order valence-corrected chi connectivity index (χ2v) is 1.47. The van der Waals surface area contributed by atoms with Crippen molar-refractivity contribution in [2.75, 3.05) is 0 Å². The first kappa shape index (κ1) is 7.88. The molecule has 3 heteroatoms. The zero-order valence-corrected chi connectivity index (χ0v) is 5.50. The fourth-order valence-corrected chi connectivity index (χ4v) is 0.321. The number of allylic oxidation sites excluding steroid dienone is 4. The van der Waals surface area contributed by atoms with Gasteiger partial charge in [0.15, 0.2) is 5.34 Å². The summed E-state index contributed by atoms with van der Waals surface area (Å²) in [5.41, 5.74) is 0. The Morgan fingerprint density at radius 1 is 1.67 bits per heavy atom. The zero-order chi connectivity index (χ0) is 7.11. The van der Waals surface area contributed by atoms with Crippen molar-refractivity contribution in [1.29, 1.82) is 0 Å². The molecule has 0 spiro atoms. The Morgan fingerprint density at radius 2 is 2.33 bits per heavy atom. The highest BCUT2D eigenvalue weighted by atomic mass is 16.7. The maximum atomic E-state index is 9.44. The van der Waals surface area contributed by atoms with E-state index in [0.29, 0.717) is 5.76 Å². The summed E-state index contributed by atoms with van der Waals surface area (Å²) in [7, 11) is 0. The molecule has 0 bridgehead atoms. The highest BCUT2D eigenvalue weighted by Crippen LogP contribution is 1.94. The summed E-state index contributed by atoms with van der Waals surface area (Å²) in [6.45, 7) is 3.53. The molecule has 0 fully saturated rings. The molecule has 0 aromatic heterocycles. The minimum absolute atomic E-state index is 0.489. The van der Waals surface area contributed by atoms with Gasteiger partial charge in [-0.1, -0.05) is 12.2 Å². The predicted molar refractivity (Wildman–Crippen MR) is 35.5 cm³/mol. The minimum atomic E-state index is 0.489. The summed E-state index contributed by atoms with van der Waals surface area (Å²) in [5.74, 6) is 0.489. The van der Waals surface area contributed by atoms with Gasteiger partial charge in [-0.25, -0.2) is 0 Å². The number of hydrogen-bond acceptors (Lipinski definition) is 3. The van der Waals surface area contributed by atoms with Crippen molar-refractivity contribution in [3.63, 3.8) is 0 Å². The maximum Gasteiger partial charge on any atom is 0.160 e. The Hall–Kier alpha value is -1.12. The lowest BCUT2D eigenvalue weighted by Crippen LogP contribution is -1.73. The molecule has 0 N–H and O–H groups in total. The van der Waals surface area contributed by atoms with Gasteiger partial charge in [0.2, 0.25) is 0 Å². The van der Waals surface area contributed by atoms with E-state index in [9.17, 15) is 4.91 Å². The third kappa shape index (κ3) is 4.74. The summed E-state index contributed by atoms with van der Waals surface area (Å²) in [5, 5.41) is 2.24. The van der Waals surface area contributed by atoms with Crippen LogP contribution in [0.2, 0.25) is 0 Å². The minimum Gasteiger partial charge on any atom is -0.329 e. The molecule has 0 saturated heterocycles. The molecule has 9 heavy (non-hydrogen) atoms. The van der Waals surface area contributed by atoms with Crippen molar-refractivity contribution >= 4 is 0 Å². The van der Waals surface area contributed by atoms with Gasteiger partial charge in [0.05, 0.1) is 0 Å². The van der Waals surface area contributed by atoms with Crippen LogP contribution < -0.4 is 0 Å². The van der Waals surface area contributed by atoms with Crippen LogP contribution in [0.4, 0.5) is 0 Å². The van der Waals surface area contributed by atoms with Crippen molar-refractivity contribution in [1.82, 2.24) is 0 Å². The zero-order valence-electron chi connectivity index (χ0n) is 5.50. The van der Waals surface area contributed by atoms with E-state index in [4.69, 9.17) is 0 Å². The smallest absolute Gasteiger partial charge is 0.160 e. The molecule has 3 nitrogen and oxygen atoms in total. The van der Waals surface area contributed by atoms with Gasteiger partial charge in [-0.2, -0.15) is 0 Å². The molecule has 0 aliphatic carbocycles. The van der Waals surface area contributed by atoms with Crippen LogP contribution in [0.25, 0.3) is 0 Å². The largest absolute Gasteiger partial charge is 0.329 e. The van der Waals surface area contributed by atoms with Crippen LogP contribution >= 0.6 is 0 Å². The van der Waals surface area contributed by atoms with Crippen LogP contribution in [0, 0.1) is 4.91 Å². The summed E-state index contributed by atoms with van der Waals surface area (Å²) >= 11 is 0. The quantitative estimate of drug-likeness (QED) is 0.252. The van der Waals surface area contributed by atoms with E-state index >= 15 is 0 Å². The molecule has 0 unspecified atom stereocenters. The molecule has 0 aromatic carbocycles. The highest BCUT2D eigenvalue weighted by molar-refractivity contribution is 5.04. The Bertz CT molecular complexity index is 138. The Balaban J connectivity index is 3.68. The van der Waals surface area contributed by atoms with E-state index < -0.39 is 0 Å². The normalized spacial score (nSPS) is 12.0.